The fraction of sp³-hybridized carbons (Fsp3) is 0.934. The van der Waals surface area contributed by atoms with E-state index in [0.29, 0.717) is 31.2 Å². The van der Waals surface area contributed by atoms with Crippen LogP contribution in [0.2, 0.25) is 0 Å². The Kier molecular flexibility index (Phi) is 29.4. The van der Waals surface area contributed by atoms with E-state index in [-0.39, 0.29) is 31.4 Å². The van der Waals surface area contributed by atoms with Gasteiger partial charge in [0, 0.05) is 44.8 Å². The molecule has 0 aromatic heterocycles. The number of unbranched alkanes of at least 4 members (excludes halogenated alkanes) is 9. The van der Waals surface area contributed by atoms with Crippen molar-refractivity contribution in [3.8, 4) is 0 Å². The van der Waals surface area contributed by atoms with Gasteiger partial charge in [-0.25, -0.2) is 10.2 Å². The van der Waals surface area contributed by atoms with Gasteiger partial charge in [-0.2, -0.15) is 0 Å². The van der Waals surface area contributed by atoms with Crippen LogP contribution < -0.4 is 10.9 Å². The van der Waals surface area contributed by atoms with E-state index in [1.54, 1.807) is 41.5 Å². The molecule has 466 valence electrons. The first-order valence-electron chi connectivity index (χ1n) is 31.0. The molecular formula is C61H112N4O15. The Bertz CT molecular complexity index is 1850. The van der Waals surface area contributed by atoms with Crippen LogP contribution in [0.25, 0.3) is 0 Å². The van der Waals surface area contributed by atoms with Crippen LogP contribution >= 0.6 is 0 Å². The second kappa shape index (κ2) is 33.7. The van der Waals surface area contributed by atoms with Crippen LogP contribution in [-0.2, 0) is 52.3 Å². The molecule has 80 heavy (non-hydrogen) atoms. The fourth-order valence-corrected chi connectivity index (χ4v) is 13.1. The highest BCUT2D eigenvalue weighted by atomic mass is 16.7. The maximum Gasteiger partial charge on any atom is 0.422 e. The number of nitrogens with zero attached hydrogens (tertiary/aromatic N) is 2. The van der Waals surface area contributed by atoms with Gasteiger partial charge in [-0.1, -0.05) is 130 Å². The zero-order chi connectivity index (χ0) is 59.4. The third-order valence-corrected chi connectivity index (χ3v) is 17.9. The minimum Gasteiger partial charge on any atom is -0.459 e. The minimum absolute atomic E-state index is 0.0225. The van der Waals surface area contributed by atoms with E-state index in [0.717, 1.165) is 32.1 Å². The quantitative estimate of drug-likeness (QED) is 0.0235. The Balaban J connectivity index is 1.75. The van der Waals surface area contributed by atoms with E-state index in [4.69, 9.17) is 47.9 Å². The molecule has 4 rings (SSSR count). The van der Waals surface area contributed by atoms with E-state index in [1.165, 1.54) is 98.0 Å². The van der Waals surface area contributed by atoms with Gasteiger partial charge in [0.1, 0.15) is 23.9 Å². The molecule has 3 heterocycles. The molecule has 5 N–H and O–H groups in total. The van der Waals surface area contributed by atoms with E-state index >= 15 is 0 Å². The van der Waals surface area contributed by atoms with Crippen LogP contribution in [0.1, 0.15) is 218 Å². The summed E-state index contributed by atoms with van der Waals surface area (Å²) in [6.07, 6.45) is 9.57. The molecule has 3 aliphatic heterocycles. The Labute approximate surface area is 481 Å². The monoisotopic (exact) mass is 1140 g/mol. The van der Waals surface area contributed by atoms with E-state index in [2.05, 4.69) is 17.8 Å². The van der Waals surface area contributed by atoms with Gasteiger partial charge in [0.25, 0.3) is 0 Å². The van der Waals surface area contributed by atoms with Gasteiger partial charge in [0.05, 0.1) is 53.8 Å². The topological polar surface area (TPSA) is 235 Å². The molecule has 4 fully saturated rings. The maximum atomic E-state index is 14.8. The highest BCUT2D eigenvalue weighted by molar-refractivity contribution is 5.88. The minimum atomic E-state index is -1.97. The van der Waals surface area contributed by atoms with Crippen molar-refractivity contribution in [1.29, 1.82) is 0 Å². The van der Waals surface area contributed by atoms with Gasteiger partial charge in [0.15, 0.2) is 24.8 Å². The first kappa shape index (κ1) is 69.8. The third kappa shape index (κ3) is 20.5. The molecule has 18 atom stereocenters. The van der Waals surface area contributed by atoms with Crippen LogP contribution in [-0.4, -0.2) is 163 Å². The first-order chi connectivity index (χ1) is 37.8. The Morgan fingerprint density at radius 3 is 2.04 bits per heavy atom. The molecule has 1 aliphatic carbocycles. The van der Waals surface area contributed by atoms with Crippen molar-refractivity contribution < 1.29 is 72.4 Å². The fourth-order valence-electron chi connectivity index (χ4n) is 13.1. The predicted octanol–water partition coefficient (Wildman–Crippen LogP) is 9.68. The van der Waals surface area contributed by atoms with Crippen LogP contribution in [0.5, 0.6) is 0 Å². The number of esters is 2. The van der Waals surface area contributed by atoms with Gasteiger partial charge in [-0.15, -0.1) is 0 Å². The van der Waals surface area contributed by atoms with Crippen LogP contribution in [0, 0.1) is 29.6 Å². The van der Waals surface area contributed by atoms with Crippen molar-refractivity contribution in [1.82, 2.24) is 15.8 Å². The lowest BCUT2D eigenvalue weighted by atomic mass is 9.73. The summed E-state index contributed by atoms with van der Waals surface area (Å²) in [7, 11) is 5.32. The number of amides is 1. The number of hydrazine groups is 1. The summed E-state index contributed by atoms with van der Waals surface area (Å²) in [5.41, 5.74) is 1.28. The van der Waals surface area contributed by atoms with Crippen molar-refractivity contribution in [3.63, 3.8) is 0 Å². The van der Waals surface area contributed by atoms with E-state index in [1.807, 2.05) is 39.8 Å². The molecule has 3 saturated heterocycles. The van der Waals surface area contributed by atoms with Gasteiger partial charge in [-0.05, 0) is 100 Å². The molecule has 1 saturated carbocycles. The summed E-state index contributed by atoms with van der Waals surface area (Å²) in [6, 6.07) is -0.390. The highest BCUT2D eigenvalue weighted by Gasteiger charge is 2.55. The molecule has 1 amide bonds. The molecular weight excluding hydrogens is 1030 g/mol. The molecule has 0 spiro atoms. The third-order valence-electron chi connectivity index (χ3n) is 17.9. The summed E-state index contributed by atoms with van der Waals surface area (Å²) in [5.74, 6) is -4.08. The molecule has 0 radical (unpaired) electrons. The van der Waals surface area contributed by atoms with Crippen LogP contribution in [0.3, 0.4) is 0 Å². The molecule has 0 bridgehead atoms. The Hall–Kier alpha value is -2.72. The number of nitrogens with one attached hydrogen (secondary N) is 2. The normalized spacial score (nSPS) is 37.7. The number of aliphatic hydroxyl groups excluding tert-OH is 1. The predicted molar refractivity (Wildman–Crippen MR) is 307 cm³/mol. The smallest absolute Gasteiger partial charge is 0.422 e. The standard InChI is InChI=1S/C61H112N4O15/c1-16-18-19-20-21-22-23-24-25-29-34-62-63-58(69)79-52-47(65(13)14)36-40(4)74-57(52)80-54-42(6)51(78-49-38-60(11,72-15)55(44(8)75-49)76-45(9)66)43(7)56(68)77-48(17-2)61(12,71)53(67)41(5)50(39(3)37-59(54,10)70)64-73-35-30-33-46-31-27-26-28-32-46/h39-44,46-49,51-55,57,62,67,70-71H,16-38H2,1-15H3,(H,63,69)/b64-50+/t39-,40-,41+,42+,43-,44+,47+,48-,49+,51+,52-,53-,54-,55+,57+,59?,60-,61-/m1/s1. The molecule has 19 heteroatoms. The van der Waals surface area contributed by atoms with Crippen molar-refractivity contribution in [2.75, 3.05) is 34.4 Å². The largest absolute Gasteiger partial charge is 0.459 e. The summed E-state index contributed by atoms with van der Waals surface area (Å²) in [5, 5.41) is 42.6. The number of rotatable bonds is 26. The Morgan fingerprint density at radius 1 is 0.800 bits per heavy atom. The van der Waals surface area contributed by atoms with E-state index in [9.17, 15) is 29.7 Å². The van der Waals surface area contributed by atoms with Gasteiger partial charge >= 0.3 is 18.0 Å². The average Bonchev–Trinajstić information content (AvgIpc) is 3.40. The number of hydrogen-bond donors (Lipinski definition) is 5. The molecule has 4 aliphatic rings. The lowest BCUT2D eigenvalue weighted by Gasteiger charge is -2.49. The van der Waals surface area contributed by atoms with Gasteiger partial charge < -0.3 is 63.0 Å². The van der Waals surface area contributed by atoms with Crippen LogP contribution in [0.4, 0.5) is 4.79 Å². The Morgan fingerprint density at radius 2 is 1.44 bits per heavy atom. The van der Waals surface area contributed by atoms with Crippen molar-refractivity contribution in [2.45, 2.75) is 302 Å². The second-order valence-electron chi connectivity index (χ2n) is 25.3. The second-order valence-corrected chi connectivity index (χ2v) is 25.3. The SMILES string of the molecule is CCCCCCCCCCCCNNC(=O)O[C@H]1[C@H](O[C@@H]2[C@@H](C)[C@H](O[C@H]3C[C@@](C)(OC)[C@@H](OC(C)=O)[C@H](C)O3)[C@@H](C)C(=O)O[C@H](CC)[C@@](C)(O)[C@H](O)[C@@H](C)/C(=N/OCCCC3CCCCC3)[C@H](C)CC2(C)O)O[C@H](C)C[C@@H]1N(C)C. The zero-order valence-corrected chi connectivity index (χ0v) is 52.1. The van der Waals surface area contributed by atoms with Crippen molar-refractivity contribution >= 4 is 23.7 Å². The molecule has 1 unspecified atom stereocenters. The number of carbonyl (C=O) groups excluding carboxylic acids is 3. The van der Waals surface area contributed by atoms with Crippen molar-refractivity contribution in [3.05, 3.63) is 0 Å². The number of aliphatic hydroxyl groups is 3. The number of oxime groups is 1. The lowest BCUT2D eigenvalue weighted by Crippen LogP contribution is -2.62. The average molecular weight is 1140 g/mol. The van der Waals surface area contributed by atoms with Gasteiger partial charge in [-0.3, -0.25) is 15.0 Å². The summed E-state index contributed by atoms with van der Waals surface area (Å²) >= 11 is 0. The number of likely N-dealkylation sites (N-methyl/N-ethyl adjacent to an activating group) is 1. The summed E-state index contributed by atoms with van der Waals surface area (Å²) in [4.78, 5) is 49.0. The maximum absolute atomic E-state index is 14.8. The molecule has 19 nitrogen and oxygen atoms in total. The zero-order valence-electron chi connectivity index (χ0n) is 52.1. The molecule has 0 aromatic rings. The summed E-state index contributed by atoms with van der Waals surface area (Å²) < 4.78 is 51.5. The van der Waals surface area contributed by atoms with Crippen LogP contribution in [0.15, 0.2) is 5.16 Å². The van der Waals surface area contributed by atoms with Gasteiger partial charge in [0.2, 0.25) is 0 Å². The summed E-state index contributed by atoms with van der Waals surface area (Å²) in [6.45, 7) is 21.9. The first-order valence-corrected chi connectivity index (χ1v) is 31.0. The number of methoxy groups -OCH3 is 1. The highest BCUT2D eigenvalue weighted by Crippen LogP contribution is 2.42. The number of cyclic esters (lactones) is 1. The number of carbonyl (C=O) groups is 3. The number of hydrogen-bond acceptors (Lipinski definition) is 18. The number of ether oxygens (including phenoxy) is 8. The van der Waals surface area contributed by atoms with Crippen molar-refractivity contribution in [2.24, 2.45) is 34.7 Å². The molecule has 0 aromatic carbocycles. The lowest BCUT2D eigenvalue weighted by molar-refractivity contribution is -0.318. The van der Waals surface area contributed by atoms with E-state index < -0.39 is 114 Å².